The van der Waals surface area contributed by atoms with Gasteiger partial charge in [0.05, 0.1) is 10.7 Å². The molecule has 0 aliphatic heterocycles. The molecule has 0 unspecified atom stereocenters. The van der Waals surface area contributed by atoms with Crippen molar-refractivity contribution in [2.75, 3.05) is 16.8 Å². The third-order valence-electron chi connectivity index (χ3n) is 2.21. The number of benzene rings is 1. The average molecular weight is 299 g/mol. The number of hydrogen-bond acceptors (Lipinski definition) is 6. The number of rotatable bonds is 7. The third-order valence-corrected chi connectivity index (χ3v) is 3.27. The van der Waals surface area contributed by atoms with Gasteiger partial charge in [0, 0.05) is 23.6 Å². The van der Waals surface area contributed by atoms with Crippen molar-refractivity contribution in [2.45, 2.75) is 6.04 Å². The van der Waals surface area contributed by atoms with Crippen molar-refractivity contribution in [2.24, 2.45) is 5.73 Å². The second-order valence-electron chi connectivity index (χ2n) is 3.81. The van der Waals surface area contributed by atoms with Crippen LogP contribution in [0.5, 0.6) is 0 Å². The van der Waals surface area contributed by atoms with E-state index in [1.807, 2.05) is 0 Å². The molecule has 0 heterocycles. The minimum absolute atomic E-state index is 0.0535. The number of nitro benzene ring substituents is 1. The minimum atomic E-state index is -1.12. The Morgan fingerprint density at radius 3 is 2.50 bits per heavy atom. The lowest BCUT2D eigenvalue weighted by atomic mass is 10.3. The number of hydrogen-bond donors (Lipinski definition) is 3. The van der Waals surface area contributed by atoms with Gasteiger partial charge in [-0.25, -0.2) is 0 Å². The highest BCUT2D eigenvalue weighted by Gasteiger charge is 2.12. The molecule has 0 spiro atoms. The van der Waals surface area contributed by atoms with E-state index in [0.29, 0.717) is 5.69 Å². The van der Waals surface area contributed by atoms with Crippen molar-refractivity contribution >= 4 is 35.0 Å². The minimum Gasteiger partial charge on any atom is -0.480 e. The van der Waals surface area contributed by atoms with E-state index in [-0.39, 0.29) is 23.1 Å². The monoisotopic (exact) mass is 299 g/mol. The van der Waals surface area contributed by atoms with Crippen LogP contribution in [0.4, 0.5) is 11.4 Å². The highest BCUT2D eigenvalue weighted by atomic mass is 32.2. The van der Waals surface area contributed by atoms with Crippen molar-refractivity contribution in [3.63, 3.8) is 0 Å². The van der Waals surface area contributed by atoms with Crippen LogP contribution >= 0.6 is 11.8 Å². The quantitative estimate of drug-likeness (QED) is 0.497. The van der Waals surface area contributed by atoms with E-state index in [1.54, 1.807) is 0 Å². The molecule has 0 fully saturated rings. The molecule has 1 aromatic rings. The number of nitrogens with two attached hydrogens (primary N) is 1. The van der Waals surface area contributed by atoms with Crippen LogP contribution in [-0.4, -0.2) is 39.5 Å². The first-order valence-corrected chi connectivity index (χ1v) is 6.66. The fourth-order valence-corrected chi connectivity index (χ4v) is 1.99. The largest absolute Gasteiger partial charge is 0.480 e. The fourth-order valence-electron chi connectivity index (χ4n) is 1.21. The molecule has 0 saturated heterocycles. The van der Waals surface area contributed by atoms with Crippen molar-refractivity contribution in [1.29, 1.82) is 0 Å². The molecule has 0 aliphatic rings. The van der Waals surface area contributed by atoms with E-state index in [9.17, 15) is 19.7 Å². The van der Waals surface area contributed by atoms with Crippen LogP contribution in [0, 0.1) is 10.1 Å². The zero-order valence-electron chi connectivity index (χ0n) is 10.3. The molecule has 20 heavy (non-hydrogen) atoms. The van der Waals surface area contributed by atoms with Gasteiger partial charge in [-0.15, -0.1) is 11.8 Å². The van der Waals surface area contributed by atoms with Crippen LogP contribution in [0.15, 0.2) is 24.3 Å². The molecular formula is C11H13N3O5S. The van der Waals surface area contributed by atoms with Gasteiger partial charge in [-0.1, -0.05) is 0 Å². The second-order valence-corrected chi connectivity index (χ2v) is 4.84. The summed E-state index contributed by atoms with van der Waals surface area (Å²) in [6.45, 7) is 0. The van der Waals surface area contributed by atoms with E-state index in [0.717, 1.165) is 11.8 Å². The van der Waals surface area contributed by atoms with Crippen LogP contribution in [-0.2, 0) is 9.59 Å². The summed E-state index contributed by atoms with van der Waals surface area (Å²) in [6.07, 6.45) is 0. The van der Waals surface area contributed by atoms with Gasteiger partial charge in [-0.2, -0.15) is 0 Å². The predicted octanol–water partition coefficient (Wildman–Crippen LogP) is 0.678. The Hall–Kier alpha value is -2.13. The number of nitro groups is 1. The summed E-state index contributed by atoms with van der Waals surface area (Å²) in [5.74, 6) is -1.27. The van der Waals surface area contributed by atoms with Crippen molar-refractivity contribution < 1.29 is 19.6 Å². The van der Waals surface area contributed by atoms with Crippen LogP contribution < -0.4 is 11.1 Å². The van der Waals surface area contributed by atoms with E-state index in [1.165, 1.54) is 24.3 Å². The van der Waals surface area contributed by atoms with Gasteiger partial charge in [0.25, 0.3) is 5.69 Å². The van der Waals surface area contributed by atoms with Gasteiger partial charge in [0.15, 0.2) is 0 Å². The molecular weight excluding hydrogens is 286 g/mol. The van der Waals surface area contributed by atoms with Crippen LogP contribution in [0.2, 0.25) is 0 Å². The van der Waals surface area contributed by atoms with Crippen molar-refractivity contribution in [3.8, 4) is 0 Å². The number of nitrogens with one attached hydrogen (secondary N) is 1. The molecule has 4 N–H and O–H groups in total. The molecule has 108 valence electrons. The Morgan fingerprint density at radius 1 is 1.40 bits per heavy atom. The van der Waals surface area contributed by atoms with Gasteiger partial charge in [0.2, 0.25) is 5.91 Å². The van der Waals surface area contributed by atoms with Crippen LogP contribution in [0.1, 0.15) is 0 Å². The molecule has 0 saturated carbocycles. The zero-order chi connectivity index (χ0) is 15.1. The average Bonchev–Trinajstić information content (AvgIpc) is 2.39. The van der Waals surface area contributed by atoms with Gasteiger partial charge in [0.1, 0.15) is 6.04 Å². The number of carbonyl (C=O) groups is 2. The SMILES string of the molecule is N[C@@H](CSCC(=O)Nc1ccc([N+](=O)[O-])cc1)C(=O)O. The Bertz CT molecular complexity index is 505. The van der Waals surface area contributed by atoms with Crippen LogP contribution in [0.25, 0.3) is 0 Å². The summed E-state index contributed by atoms with van der Waals surface area (Å²) in [5.41, 5.74) is 5.65. The summed E-state index contributed by atoms with van der Waals surface area (Å²) in [7, 11) is 0. The van der Waals surface area contributed by atoms with E-state index in [2.05, 4.69) is 5.32 Å². The Morgan fingerprint density at radius 2 is 2.00 bits per heavy atom. The van der Waals surface area contributed by atoms with Gasteiger partial charge in [-0.05, 0) is 12.1 Å². The summed E-state index contributed by atoms with van der Waals surface area (Å²) >= 11 is 1.10. The lowest BCUT2D eigenvalue weighted by molar-refractivity contribution is -0.384. The smallest absolute Gasteiger partial charge is 0.321 e. The zero-order valence-corrected chi connectivity index (χ0v) is 11.1. The van der Waals surface area contributed by atoms with Crippen molar-refractivity contribution in [1.82, 2.24) is 0 Å². The molecule has 1 atom stereocenters. The normalized spacial score (nSPS) is 11.7. The summed E-state index contributed by atoms with van der Waals surface area (Å²) in [4.78, 5) is 31.9. The molecule has 1 rings (SSSR count). The highest BCUT2D eigenvalue weighted by molar-refractivity contribution is 8.00. The molecule has 8 nitrogen and oxygen atoms in total. The van der Waals surface area contributed by atoms with E-state index < -0.39 is 16.9 Å². The summed E-state index contributed by atoms with van der Waals surface area (Å²) in [5, 5.41) is 21.5. The fraction of sp³-hybridized carbons (Fsp3) is 0.273. The number of thioether (sulfide) groups is 1. The van der Waals surface area contributed by atoms with Gasteiger partial charge < -0.3 is 16.2 Å². The number of anilines is 1. The number of nitrogens with zero attached hydrogens (tertiary/aromatic N) is 1. The lowest BCUT2D eigenvalue weighted by Gasteiger charge is -2.07. The maximum Gasteiger partial charge on any atom is 0.321 e. The predicted molar refractivity (Wildman–Crippen MR) is 74.7 cm³/mol. The molecule has 9 heteroatoms. The van der Waals surface area contributed by atoms with Crippen molar-refractivity contribution in [3.05, 3.63) is 34.4 Å². The lowest BCUT2D eigenvalue weighted by Crippen LogP contribution is -2.33. The molecule has 1 aromatic carbocycles. The maximum atomic E-state index is 11.5. The molecule has 0 aromatic heterocycles. The molecule has 0 radical (unpaired) electrons. The number of carbonyl (C=O) groups excluding carboxylic acids is 1. The topological polar surface area (TPSA) is 136 Å². The third kappa shape index (κ3) is 5.24. The summed E-state index contributed by atoms with van der Waals surface area (Å²) in [6, 6.07) is 4.40. The first-order chi connectivity index (χ1) is 9.40. The van der Waals surface area contributed by atoms with E-state index >= 15 is 0 Å². The highest BCUT2D eigenvalue weighted by Crippen LogP contribution is 2.15. The van der Waals surface area contributed by atoms with Gasteiger partial charge >= 0.3 is 5.97 Å². The van der Waals surface area contributed by atoms with Crippen LogP contribution in [0.3, 0.4) is 0 Å². The van der Waals surface area contributed by atoms with E-state index in [4.69, 9.17) is 10.8 Å². The first-order valence-electron chi connectivity index (χ1n) is 5.50. The second kappa shape index (κ2) is 7.46. The molecule has 1 amide bonds. The Labute approximate surface area is 118 Å². The summed E-state index contributed by atoms with van der Waals surface area (Å²) < 4.78 is 0. The number of aliphatic carboxylic acids is 1. The number of carboxylic acid groups (broad SMARTS) is 1. The Kier molecular flexibility index (Phi) is 5.94. The number of amides is 1. The molecule has 0 aliphatic carbocycles. The van der Waals surface area contributed by atoms with Gasteiger partial charge in [-0.3, -0.25) is 19.7 Å². The number of carboxylic acids is 1. The standard InChI is InChI=1S/C11H13N3O5S/c12-9(11(16)17)5-20-6-10(15)13-7-1-3-8(4-2-7)14(18)19/h1-4,9H,5-6,12H2,(H,13,15)(H,16,17)/t9-/m0/s1. The Balaban J connectivity index is 2.39. The maximum absolute atomic E-state index is 11.5. The number of non-ortho nitro benzene ring substituents is 1. The first kappa shape index (κ1) is 15.9. The molecule has 0 bridgehead atoms.